The van der Waals surface area contributed by atoms with Gasteiger partial charge >= 0.3 is 12.1 Å². The third kappa shape index (κ3) is 7.12. The maximum Gasteiger partial charge on any atom is 0.449 e. The van der Waals surface area contributed by atoms with Crippen molar-refractivity contribution in [1.29, 1.82) is 0 Å². The molecule has 2 bridgehead atoms. The zero-order chi connectivity index (χ0) is 32.8. The number of aliphatic hydroxyl groups excluding tert-OH is 2. The number of thioether (sulfide) groups is 1. The van der Waals surface area contributed by atoms with Crippen molar-refractivity contribution in [2.75, 3.05) is 13.2 Å². The quantitative estimate of drug-likeness (QED) is 0.239. The smallest absolute Gasteiger partial charge is 0.449 e. The first kappa shape index (κ1) is 36.2. The summed E-state index contributed by atoms with van der Waals surface area (Å²) in [4.78, 5) is 38.3. The van der Waals surface area contributed by atoms with Crippen molar-refractivity contribution in [2.24, 2.45) is 39.4 Å². The van der Waals surface area contributed by atoms with Gasteiger partial charge in [-0.15, -0.1) is 0 Å². The maximum absolute atomic E-state index is 13.6. The predicted molar refractivity (Wildman–Crippen MR) is 161 cm³/mol. The van der Waals surface area contributed by atoms with Crippen molar-refractivity contribution in [1.82, 2.24) is 0 Å². The summed E-state index contributed by atoms with van der Waals surface area (Å²) in [5.74, 6) is -3.70. The van der Waals surface area contributed by atoms with Crippen molar-refractivity contribution in [3.63, 3.8) is 0 Å². The van der Waals surface area contributed by atoms with Gasteiger partial charge in [0.25, 0.3) is 0 Å². The van der Waals surface area contributed by atoms with E-state index in [-0.39, 0.29) is 40.9 Å². The third-order valence-electron chi connectivity index (χ3n) is 10.8. The SMILES string of the molecule is C[C@@H]1CC[C@@]23CCC(=O)[C@H]2[C@]1(C)[C@H](OC(=O)CO)C[C@@](C)(C(CCC(=O)C(F)(F)F)SC(=S)OCC(C)(C)C)[C@@H](O)[C@@H]3C. The average molecular weight is 653 g/mol. The molecule has 0 heterocycles. The van der Waals surface area contributed by atoms with Crippen LogP contribution in [0.5, 0.6) is 0 Å². The number of esters is 1. The minimum absolute atomic E-state index is 0.00922. The molecule has 3 saturated carbocycles. The third-order valence-corrected chi connectivity index (χ3v) is 12.6. The highest BCUT2D eigenvalue weighted by molar-refractivity contribution is 8.23. The van der Waals surface area contributed by atoms with Gasteiger partial charge in [-0.2, -0.15) is 13.2 Å². The lowest BCUT2D eigenvalue weighted by atomic mass is 9.43. The van der Waals surface area contributed by atoms with Gasteiger partial charge in [0, 0.05) is 34.8 Å². The molecule has 3 aliphatic carbocycles. The number of carbonyl (C=O) groups excluding carboxylic acids is 3. The first-order chi connectivity index (χ1) is 19.6. The zero-order valence-corrected chi connectivity index (χ0v) is 27.8. The molecule has 0 radical (unpaired) electrons. The molecule has 0 spiro atoms. The Hall–Kier alpha value is -1.24. The molecule has 12 heteroatoms. The minimum Gasteiger partial charge on any atom is -0.478 e. The van der Waals surface area contributed by atoms with Crippen molar-refractivity contribution < 1.29 is 47.2 Å². The summed E-state index contributed by atoms with van der Waals surface area (Å²) in [5.41, 5.74) is -2.94. The second-order valence-electron chi connectivity index (χ2n) is 14.7. The van der Waals surface area contributed by atoms with Crippen molar-refractivity contribution in [3.8, 4) is 0 Å². The number of ether oxygens (including phenoxy) is 2. The van der Waals surface area contributed by atoms with Crippen molar-refractivity contribution >= 4 is 45.9 Å². The van der Waals surface area contributed by atoms with Gasteiger partial charge in [0.1, 0.15) is 18.5 Å². The van der Waals surface area contributed by atoms with Gasteiger partial charge in [-0.3, -0.25) is 9.59 Å². The fraction of sp³-hybridized carbons (Fsp3) is 0.871. The number of hydrogen-bond acceptors (Lipinski definition) is 9. The molecule has 0 saturated heterocycles. The lowest BCUT2D eigenvalue weighted by molar-refractivity contribution is -0.213. The normalized spacial score (nSPS) is 37.1. The summed E-state index contributed by atoms with van der Waals surface area (Å²) in [5, 5.41) is 21.1. The van der Waals surface area contributed by atoms with Crippen molar-refractivity contribution in [3.05, 3.63) is 0 Å². The van der Waals surface area contributed by atoms with Crippen LogP contribution < -0.4 is 0 Å². The topological polar surface area (TPSA) is 110 Å². The van der Waals surface area contributed by atoms with Crippen LogP contribution in [0.3, 0.4) is 0 Å². The Kier molecular flexibility index (Phi) is 10.8. The van der Waals surface area contributed by atoms with E-state index in [9.17, 15) is 37.8 Å². The van der Waals surface area contributed by atoms with E-state index < -0.39 is 76.5 Å². The maximum atomic E-state index is 13.6. The van der Waals surface area contributed by atoms with Crippen LogP contribution in [-0.4, -0.2) is 69.0 Å². The molecule has 0 aromatic rings. The standard InChI is InChI=1S/C31H47F3O7S2/c1-17-10-12-30-13-11-19(36)24(30)29(17,7)21(41-23(38)15-35)14-28(6,25(39)18(30)2)22(9-8-20(37)31(32,33)34)43-26(42)40-16-27(3,4)5/h17-18,21-22,24-25,35,39H,8-16H2,1-7H3/t17-,18+,21-,22?,24+,25+,28+,29+,30+/m1/s1. The number of rotatable bonds is 8. The van der Waals surface area contributed by atoms with Crippen molar-refractivity contribution in [2.45, 2.75) is 117 Å². The molecular formula is C31H47F3O7S2. The number of hydrogen-bond donors (Lipinski definition) is 2. The molecular weight excluding hydrogens is 605 g/mol. The second-order valence-corrected chi connectivity index (χ2v) is 16.5. The molecule has 3 aliphatic rings. The molecule has 9 atom stereocenters. The van der Waals surface area contributed by atoms with E-state index in [4.69, 9.17) is 21.7 Å². The largest absolute Gasteiger partial charge is 0.478 e. The highest BCUT2D eigenvalue weighted by atomic mass is 32.2. The number of halogens is 3. The van der Waals surface area contributed by atoms with E-state index >= 15 is 0 Å². The van der Waals surface area contributed by atoms with Crippen LogP contribution in [0.4, 0.5) is 13.2 Å². The number of Topliss-reactive ketones (excluding diaryl/α,β-unsaturated/α-hetero) is 2. The van der Waals surface area contributed by atoms with Gasteiger partial charge in [-0.1, -0.05) is 60.2 Å². The summed E-state index contributed by atoms with van der Waals surface area (Å²) in [7, 11) is 0. The second kappa shape index (κ2) is 12.9. The number of ketones is 2. The van der Waals surface area contributed by atoms with E-state index in [0.29, 0.717) is 19.3 Å². The molecule has 43 heavy (non-hydrogen) atoms. The van der Waals surface area contributed by atoms with Gasteiger partial charge in [-0.05, 0) is 67.0 Å². The first-order valence-corrected chi connectivity index (χ1v) is 16.4. The highest BCUT2D eigenvalue weighted by Crippen LogP contribution is 2.68. The Morgan fingerprint density at radius 2 is 1.79 bits per heavy atom. The summed E-state index contributed by atoms with van der Waals surface area (Å²) in [6, 6.07) is 0. The van der Waals surface area contributed by atoms with Crippen LogP contribution in [0, 0.1) is 39.4 Å². The molecule has 3 rings (SSSR count). The molecule has 7 nitrogen and oxygen atoms in total. The van der Waals surface area contributed by atoms with Gasteiger partial charge in [-0.25, -0.2) is 4.79 Å². The number of aliphatic hydroxyl groups is 2. The van der Waals surface area contributed by atoms with E-state index in [0.717, 1.165) is 18.2 Å². The zero-order valence-electron chi connectivity index (χ0n) is 26.2. The van der Waals surface area contributed by atoms with Crippen LogP contribution >= 0.6 is 24.0 Å². The van der Waals surface area contributed by atoms with Crippen LogP contribution in [0.1, 0.15) is 93.4 Å². The molecule has 0 amide bonds. The molecule has 0 aromatic heterocycles. The van der Waals surface area contributed by atoms with E-state index in [1.165, 1.54) is 0 Å². The Morgan fingerprint density at radius 3 is 2.35 bits per heavy atom. The number of thiocarbonyl (C=S) groups is 1. The summed E-state index contributed by atoms with van der Waals surface area (Å²) in [6.07, 6.45) is -5.89. The lowest BCUT2D eigenvalue weighted by Crippen LogP contribution is -2.64. The van der Waals surface area contributed by atoms with Crippen LogP contribution in [0.25, 0.3) is 0 Å². The summed E-state index contributed by atoms with van der Waals surface area (Å²) < 4.78 is 51.8. The van der Waals surface area contributed by atoms with E-state index in [1.807, 2.05) is 41.5 Å². The minimum atomic E-state index is -5.01. The Balaban J connectivity index is 2.16. The molecule has 2 N–H and O–H groups in total. The van der Waals surface area contributed by atoms with Gasteiger partial charge in [0.2, 0.25) is 10.2 Å². The fourth-order valence-electron chi connectivity index (χ4n) is 8.17. The Morgan fingerprint density at radius 1 is 1.16 bits per heavy atom. The van der Waals surface area contributed by atoms with E-state index in [2.05, 4.69) is 0 Å². The molecule has 1 unspecified atom stereocenters. The summed E-state index contributed by atoms with van der Waals surface area (Å²) in [6.45, 7) is 12.8. The molecule has 246 valence electrons. The van der Waals surface area contributed by atoms with Gasteiger partial charge in [0.15, 0.2) is 0 Å². The van der Waals surface area contributed by atoms with Gasteiger partial charge < -0.3 is 19.7 Å². The fourth-order valence-corrected chi connectivity index (χ4v) is 9.68. The summed E-state index contributed by atoms with van der Waals surface area (Å²) >= 11 is 6.53. The van der Waals surface area contributed by atoms with Crippen LogP contribution in [0.2, 0.25) is 0 Å². The lowest BCUT2D eigenvalue weighted by Gasteiger charge is -2.62. The van der Waals surface area contributed by atoms with E-state index in [1.54, 1.807) is 6.92 Å². The van der Waals surface area contributed by atoms with Crippen LogP contribution in [0.15, 0.2) is 0 Å². The molecule has 3 fully saturated rings. The Labute approximate surface area is 262 Å². The Bertz CT molecular complexity index is 1090. The highest BCUT2D eigenvalue weighted by Gasteiger charge is 2.69. The molecule has 0 aromatic carbocycles. The monoisotopic (exact) mass is 652 g/mol. The average Bonchev–Trinajstić information content (AvgIpc) is 3.26. The van der Waals surface area contributed by atoms with Crippen LogP contribution in [-0.2, 0) is 23.9 Å². The number of carbonyl (C=O) groups is 3. The van der Waals surface area contributed by atoms with Gasteiger partial charge in [0.05, 0.1) is 12.7 Å². The first-order valence-electron chi connectivity index (χ1n) is 15.1. The number of alkyl halides is 3. The predicted octanol–water partition coefficient (Wildman–Crippen LogP) is 6.06. The molecule has 0 aliphatic heterocycles.